The van der Waals surface area contributed by atoms with Gasteiger partial charge in [0.1, 0.15) is 5.60 Å². The van der Waals surface area contributed by atoms with Crippen LogP contribution in [0.4, 0.5) is 8.78 Å². The lowest BCUT2D eigenvalue weighted by atomic mass is 9.53. The minimum absolute atomic E-state index is 0.00420. The number of aliphatic hydroxyl groups is 1. The topological polar surface area (TPSA) is 127 Å². The third kappa shape index (κ3) is 3.63. The number of esters is 2. The van der Waals surface area contributed by atoms with Gasteiger partial charge in [-0.3, -0.25) is 4.55 Å². The van der Waals surface area contributed by atoms with Crippen molar-refractivity contribution in [2.75, 3.05) is 19.0 Å². The third-order valence-corrected chi connectivity index (χ3v) is 11.6. The molecule has 4 saturated carbocycles. The first kappa shape index (κ1) is 22.6. The molecule has 4 aliphatic carbocycles. The maximum atomic E-state index is 13.2. The Bertz CT molecular complexity index is 832. The molecule has 5 fully saturated rings. The molecule has 30 heavy (non-hydrogen) atoms. The molecule has 13 heteroatoms. The van der Waals surface area contributed by atoms with E-state index in [-0.39, 0.29) is 15.9 Å². The second-order valence-electron chi connectivity index (χ2n) is 8.52. The van der Waals surface area contributed by atoms with Gasteiger partial charge in [0.05, 0.1) is 10.7 Å². The zero-order valence-corrected chi connectivity index (χ0v) is 18.2. The van der Waals surface area contributed by atoms with E-state index in [1.807, 2.05) is 23.5 Å². The minimum atomic E-state index is -6.00. The van der Waals surface area contributed by atoms with Gasteiger partial charge in [0.2, 0.25) is 0 Å². The molecule has 8 nitrogen and oxygen atoms in total. The van der Waals surface area contributed by atoms with Crippen LogP contribution in [-0.4, -0.2) is 69.2 Å². The number of alkyl halides is 2. The zero-order valence-electron chi connectivity index (χ0n) is 15.8. The smallest absolute Gasteiger partial charge is 0.457 e. The molecule has 3 atom stereocenters. The van der Waals surface area contributed by atoms with Crippen molar-refractivity contribution in [2.45, 2.75) is 52.3 Å². The predicted molar refractivity (Wildman–Crippen MR) is 103 cm³/mol. The van der Waals surface area contributed by atoms with Gasteiger partial charge in [-0.2, -0.15) is 17.2 Å². The van der Waals surface area contributed by atoms with Crippen LogP contribution in [0.15, 0.2) is 0 Å². The van der Waals surface area contributed by atoms with Crippen LogP contribution in [0.25, 0.3) is 0 Å². The van der Waals surface area contributed by atoms with Crippen molar-refractivity contribution in [1.29, 1.82) is 0 Å². The fraction of sp³-hybridized carbons (Fsp3) is 0.882. The second-order valence-corrected chi connectivity index (χ2v) is 13.1. The molecular weight excluding hydrogens is 466 g/mol. The average molecular weight is 489 g/mol. The molecule has 0 radical (unpaired) electrons. The highest BCUT2D eigenvalue weighted by Gasteiger charge is 2.66. The number of ether oxygens (including phenoxy) is 2. The molecule has 0 aromatic carbocycles. The summed E-state index contributed by atoms with van der Waals surface area (Å²) in [6.45, 7) is -1.03. The Kier molecular flexibility index (Phi) is 5.61. The Morgan fingerprint density at radius 2 is 1.80 bits per heavy atom. The van der Waals surface area contributed by atoms with Gasteiger partial charge in [0, 0.05) is 11.0 Å². The van der Waals surface area contributed by atoms with Crippen LogP contribution in [0.2, 0.25) is 0 Å². The molecule has 3 unspecified atom stereocenters. The summed E-state index contributed by atoms with van der Waals surface area (Å²) in [5.74, 6) is -1.68. The van der Waals surface area contributed by atoms with Crippen molar-refractivity contribution in [1.82, 2.24) is 0 Å². The van der Waals surface area contributed by atoms with Gasteiger partial charge < -0.3 is 14.6 Å². The highest BCUT2D eigenvalue weighted by molar-refractivity contribution is 8.21. The van der Waals surface area contributed by atoms with Gasteiger partial charge >= 0.3 is 27.3 Å². The van der Waals surface area contributed by atoms with Crippen molar-refractivity contribution < 1.29 is 45.9 Å². The molecule has 0 amide bonds. The molecule has 1 heterocycles. The number of rotatable bonds is 6. The van der Waals surface area contributed by atoms with Crippen LogP contribution in [0, 0.1) is 17.8 Å². The summed E-state index contributed by atoms with van der Waals surface area (Å²) in [7, 11) is -6.00. The SMILES string of the molecule is O=C(COC(=O)C(F)(F)S(=O)(=O)O)OC12CC3CC(C1)C1(SCC(CO)S1)C(C3)C2. The van der Waals surface area contributed by atoms with Gasteiger partial charge in [0.15, 0.2) is 6.61 Å². The summed E-state index contributed by atoms with van der Waals surface area (Å²) >= 11 is 3.70. The highest BCUT2D eigenvalue weighted by atomic mass is 32.2. The standard InChI is InChI=1S/C17H22F2O8S3/c18-17(19,30(23,24)25)14(22)26-7-13(21)27-15-3-9-1-10(4-15)16(11(2-9)5-15)28-8-12(6-20)29-16/h9-12,20H,1-8H2,(H,23,24,25). The number of carbonyl (C=O) groups is 2. The third-order valence-electron chi connectivity index (χ3n) is 6.53. The number of hydrogen-bond donors (Lipinski definition) is 2. The zero-order chi connectivity index (χ0) is 21.9. The number of aliphatic hydroxyl groups excluding tert-OH is 1. The number of halogens is 2. The summed E-state index contributed by atoms with van der Waals surface area (Å²) in [6, 6.07) is 0. The normalized spacial score (nSPS) is 40.0. The van der Waals surface area contributed by atoms with E-state index in [2.05, 4.69) is 4.74 Å². The summed E-state index contributed by atoms with van der Waals surface area (Å²) in [5.41, 5.74) is -0.741. The van der Waals surface area contributed by atoms with Gasteiger partial charge in [0.25, 0.3) is 0 Å². The fourth-order valence-electron chi connectivity index (χ4n) is 5.63. The van der Waals surface area contributed by atoms with E-state index >= 15 is 0 Å². The van der Waals surface area contributed by atoms with Gasteiger partial charge in [-0.25, -0.2) is 9.59 Å². The van der Waals surface area contributed by atoms with Crippen LogP contribution >= 0.6 is 23.5 Å². The molecular formula is C17H22F2O8S3. The number of carbonyl (C=O) groups excluding carboxylic acids is 2. The Labute approximate surface area is 180 Å². The van der Waals surface area contributed by atoms with Gasteiger partial charge in [-0.05, 0) is 49.9 Å². The average Bonchev–Trinajstić information content (AvgIpc) is 3.08. The monoisotopic (exact) mass is 488 g/mol. The van der Waals surface area contributed by atoms with E-state index in [9.17, 15) is 31.9 Å². The van der Waals surface area contributed by atoms with Crippen LogP contribution in [0.1, 0.15) is 32.1 Å². The minimum Gasteiger partial charge on any atom is -0.457 e. The van der Waals surface area contributed by atoms with Gasteiger partial charge in [-0.1, -0.05) is 0 Å². The lowest BCUT2D eigenvalue weighted by molar-refractivity contribution is -0.195. The first-order valence-corrected chi connectivity index (χ1v) is 12.9. The summed E-state index contributed by atoms with van der Waals surface area (Å²) in [5, 5.41) is 4.57. The number of thioether (sulfide) groups is 2. The molecule has 5 rings (SSSR count). The largest absolute Gasteiger partial charge is 0.465 e. The van der Waals surface area contributed by atoms with Crippen molar-refractivity contribution >= 4 is 45.6 Å². The first-order valence-electron chi connectivity index (χ1n) is 9.57. The van der Waals surface area contributed by atoms with Crippen molar-refractivity contribution in [2.24, 2.45) is 17.8 Å². The molecule has 0 aromatic heterocycles. The molecule has 1 saturated heterocycles. The fourth-order valence-corrected chi connectivity index (χ4v) is 9.99. The van der Waals surface area contributed by atoms with E-state index in [1.54, 1.807) is 0 Å². The molecule has 5 aliphatic rings. The van der Waals surface area contributed by atoms with Crippen LogP contribution < -0.4 is 0 Å². The lowest BCUT2D eigenvalue weighted by Gasteiger charge is -2.63. The lowest BCUT2D eigenvalue weighted by Crippen LogP contribution is -2.61. The van der Waals surface area contributed by atoms with E-state index in [1.165, 1.54) is 0 Å². The molecule has 1 spiro atoms. The van der Waals surface area contributed by atoms with Crippen LogP contribution in [0.5, 0.6) is 0 Å². The van der Waals surface area contributed by atoms with Crippen molar-refractivity contribution in [3.8, 4) is 0 Å². The van der Waals surface area contributed by atoms with E-state index in [0.29, 0.717) is 37.0 Å². The van der Waals surface area contributed by atoms with E-state index in [0.717, 1.165) is 18.6 Å². The quantitative estimate of drug-likeness (QED) is 0.421. The Morgan fingerprint density at radius 1 is 1.17 bits per heavy atom. The Morgan fingerprint density at radius 3 is 2.33 bits per heavy atom. The maximum Gasteiger partial charge on any atom is 0.465 e. The highest BCUT2D eigenvalue weighted by Crippen LogP contribution is 2.71. The Hall–Kier alpha value is -0.630. The number of hydrogen-bond acceptors (Lipinski definition) is 9. The summed E-state index contributed by atoms with van der Waals surface area (Å²) in [4.78, 5) is 23.5. The maximum absolute atomic E-state index is 13.2. The molecule has 2 N–H and O–H groups in total. The van der Waals surface area contributed by atoms with Crippen LogP contribution in [0.3, 0.4) is 0 Å². The van der Waals surface area contributed by atoms with Crippen molar-refractivity contribution in [3.63, 3.8) is 0 Å². The molecule has 170 valence electrons. The van der Waals surface area contributed by atoms with E-state index < -0.39 is 39.5 Å². The molecule has 1 aliphatic heterocycles. The van der Waals surface area contributed by atoms with E-state index in [4.69, 9.17) is 9.29 Å². The molecule has 0 aromatic rings. The van der Waals surface area contributed by atoms with Gasteiger partial charge in [-0.15, -0.1) is 23.5 Å². The summed E-state index contributed by atoms with van der Waals surface area (Å²) < 4.78 is 65.7. The predicted octanol–water partition coefficient (Wildman–Crippen LogP) is 1.67. The van der Waals surface area contributed by atoms with Crippen LogP contribution in [-0.2, 0) is 29.2 Å². The first-order chi connectivity index (χ1) is 13.9. The van der Waals surface area contributed by atoms with Crippen molar-refractivity contribution in [3.05, 3.63) is 0 Å². The second kappa shape index (κ2) is 7.46. The molecule has 4 bridgehead atoms. The summed E-state index contributed by atoms with van der Waals surface area (Å²) in [6.07, 6.45) is 3.95. The Balaban J connectivity index is 1.39.